The highest BCUT2D eigenvalue weighted by Crippen LogP contribution is 2.58. The van der Waals surface area contributed by atoms with E-state index in [-0.39, 0.29) is 68.5 Å². The molecule has 0 radical (unpaired) electrons. The lowest BCUT2D eigenvalue weighted by atomic mass is 9.86. The molecule has 13 heteroatoms. The maximum Gasteiger partial charge on any atom is 0.420 e. The molecule has 0 saturated heterocycles. The summed E-state index contributed by atoms with van der Waals surface area (Å²) in [7, 11) is 2.35. The Hall–Kier alpha value is -4.20. The molecule has 0 aliphatic carbocycles. The van der Waals surface area contributed by atoms with Gasteiger partial charge in [-0.25, -0.2) is 4.79 Å². The second-order valence-corrected chi connectivity index (χ2v) is 20.4. The highest BCUT2D eigenvalue weighted by Gasteiger charge is 2.46. The average molecular weight is 816 g/mol. The molecule has 3 unspecified atom stereocenters. The molecular weight excluding hydrogens is 754 g/mol. The zero-order valence-corrected chi connectivity index (χ0v) is 37.4. The van der Waals surface area contributed by atoms with E-state index in [1.54, 1.807) is 54.6 Å². The van der Waals surface area contributed by atoms with Gasteiger partial charge in [-0.1, -0.05) is 78.2 Å². The first-order valence-corrected chi connectivity index (χ1v) is 21.8. The summed E-state index contributed by atoms with van der Waals surface area (Å²) in [6.07, 6.45) is 1.87. The van der Waals surface area contributed by atoms with Crippen LogP contribution in [-0.2, 0) is 9.13 Å². The van der Waals surface area contributed by atoms with Crippen molar-refractivity contribution in [3.05, 3.63) is 71.3 Å². The molecule has 0 N–H and O–H groups in total. The van der Waals surface area contributed by atoms with E-state index in [0.717, 1.165) is 6.42 Å². The van der Waals surface area contributed by atoms with Crippen LogP contribution in [0.5, 0.6) is 34.5 Å². The molecule has 0 saturated carbocycles. The number of benzene rings is 3. The molecule has 0 amide bonds. The first kappa shape index (κ1) is 48.0. The third kappa shape index (κ3) is 12.7. The molecule has 56 heavy (non-hydrogen) atoms. The lowest BCUT2D eigenvalue weighted by molar-refractivity contribution is 0.102. The quantitative estimate of drug-likeness (QED) is 0.113. The molecular formula is C43H61O11P2+. The van der Waals surface area contributed by atoms with Crippen molar-refractivity contribution < 1.29 is 51.9 Å². The fourth-order valence-electron chi connectivity index (χ4n) is 6.95. The Labute approximate surface area is 334 Å². The van der Waals surface area contributed by atoms with E-state index >= 15 is 0 Å². The lowest BCUT2D eigenvalue weighted by Crippen LogP contribution is -2.21. The first-order valence-electron chi connectivity index (χ1n) is 18.4. The molecule has 0 bridgehead atoms. The minimum absolute atomic E-state index is 0.0130. The Morgan fingerprint density at radius 1 is 0.554 bits per heavy atom. The molecule has 0 aliphatic heterocycles. The first-order chi connectivity index (χ1) is 26.1. The number of rotatable bonds is 18. The highest BCUT2D eigenvalue weighted by atomic mass is 31.2. The van der Waals surface area contributed by atoms with Crippen LogP contribution in [-0.4, -0.2) is 71.6 Å². The summed E-state index contributed by atoms with van der Waals surface area (Å²) in [5, 5.41) is 0. The Morgan fingerprint density at radius 2 is 0.839 bits per heavy atom. The van der Waals surface area contributed by atoms with Crippen LogP contribution in [0.25, 0.3) is 0 Å². The Bertz CT molecular complexity index is 1750. The van der Waals surface area contributed by atoms with Crippen molar-refractivity contribution in [2.45, 2.75) is 68.2 Å². The van der Waals surface area contributed by atoms with Crippen molar-refractivity contribution in [1.82, 2.24) is 0 Å². The summed E-state index contributed by atoms with van der Waals surface area (Å²) < 4.78 is 59.1. The molecule has 0 fully saturated rings. The molecule has 0 aromatic heterocycles. The van der Waals surface area contributed by atoms with Crippen molar-refractivity contribution in [3.63, 3.8) is 0 Å². The topological polar surface area (TPSA) is 141 Å². The van der Waals surface area contributed by atoms with Gasteiger partial charge in [-0.15, -0.1) is 0 Å². The zero-order chi connectivity index (χ0) is 42.6. The standard InChI is InChI=1S/C26H35O7P.C17H26O4P/c1-17(15-26(2,3)4)16-34(29,24(27)22-18(30-5)11-9-12-19(22)31-6)25(28)23-20(32-7)13-10-14-21(23)33-8;1-12(10-17(2,3)4)11-22(19)16(18)15-13(20-5)8-7-9-14(15)21-6/h9-14,17H,15-16H2,1-8H3;7-9,12H,10-11H2,1-6H3/q;+1. The minimum atomic E-state index is -4.25. The number of hydrogen-bond acceptors (Lipinski definition) is 11. The molecule has 0 heterocycles. The molecule has 3 rings (SSSR count). The molecule has 0 spiro atoms. The Morgan fingerprint density at radius 3 is 1.12 bits per heavy atom. The summed E-state index contributed by atoms with van der Waals surface area (Å²) >= 11 is 0. The van der Waals surface area contributed by atoms with Crippen LogP contribution >= 0.6 is 14.9 Å². The third-order valence-corrected chi connectivity index (χ3v) is 13.3. The van der Waals surface area contributed by atoms with E-state index in [4.69, 9.17) is 28.4 Å². The second kappa shape index (κ2) is 20.8. The largest absolute Gasteiger partial charge is 0.496 e. The van der Waals surface area contributed by atoms with Gasteiger partial charge in [-0.3, -0.25) is 9.59 Å². The molecule has 0 aliphatic rings. The lowest BCUT2D eigenvalue weighted by Gasteiger charge is -2.27. The van der Waals surface area contributed by atoms with Crippen LogP contribution in [0, 0.1) is 22.7 Å². The van der Waals surface area contributed by atoms with Gasteiger partial charge in [0, 0.05) is 12.1 Å². The highest BCUT2D eigenvalue weighted by molar-refractivity contribution is 7.95. The van der Waals surface area contributed by atoms with Crippen molar-refractivity contribution in [2.75, 3.05) is 55.0 Å². The van der Waals surface area contributed by atoms with E-state index in [2.05, 4.69) is 41.5 Å². The summed E-state index contributed by atoms with van der Waals surface area (Å²) in [5.74, 6) is 1.59. The maximum atomic E-state index is 14.7. The molecule has 3 aromatic rings. The smallest absolute Gasteiger partial charge is 0.420 e. The number of carbonyl (C=O) groups is 3. The van der Waals surface area contributed by atoms with Crippen LogP contribution in [0.1, 0.15) is 99.3 Å². The maximum absolute atomic E-state index is 14.7. The Balaban J connectivity index is 0.000000425. The molecule has 3 atom stereocenters. The number of methoxy groups -OCH3 is 6. The molecule has 308 valence electrons. The normalized spacial score (nSPS) is 12.9. The Kier molecular flexibility index (Phi) is 17.8. The van der Waals surface area contributed by atoms with Crippen LogP contribution in [0.15, 0.2) is 54.6 Å². The predicted octanol–water partition coefficient (Wildman–Crippen LogP) is 10.9. The molecule has 3 aromatic carbocycles. The van der Waals surface area contributed by atoms with Crippen molar-refractivity contribution in [3.8, 4) is 34.5 Å². The number of ether oxygens (including phenoxy) is 6. The van der Waals surface area contributed by atoms with Crippen molar-refractivity contribution in [2.24, 2.45) is 22.7 Å². The summed E-state index contributed by atoms with van der Waals surface area (Å²) in [4.78, 5) is 40.6. The predicted molar refractivity (Wildman–Crippen MR) is 223 cm³/mol. The van der Waals surface area contributed by atoms with Gasteiger partial charge in [0.25, 0.3) is 0 Å². The third-order valence-electron chi connectivity index (χ3n) is 8.78. The zero-order valence-electron chi connectivity index (χ0n) is 35.6. The van der Waals surface area contributed by atoms with Gasteiger partial charge in [0.2, 0.25) is 18.2 Å². The van der Waals surface area contributed by atoms with Crippen molar-refractivity contribution in [1.29, 1.82) is 0 Å². The van der Waals surface area contributed by atoms with E-state index in [1.165, 1.54) is 42.7 Å². The average Bonchev–Trinajstić information content (AvgIpc) is 3.14. The van der Waals surface area contributed by atoms with Crippen molar-refractivity contribution >= 4 is 31.5 Å². The van der Waals surface area contributed by atoms with E-state index in [9.17, 15) is 23.5 Å². The van der Waals surface area contributed by atoms with Gasteiger partial charge in [-0.2, -0.15) is 0 Å². The van der Waals surface area contributed by atoms with Gasteiger partial charge in [0.15, 0.2) is 11.7 Å². The van der Waals surface area contributed by atoms with E-state index in [0.29, 0.717) is 24.1 Å². The van der Waals surface area contributed by atoms with Crippen LogP contribution in [0.2, 0.25) is 0 Å². The van der Waals surface area contributed by atoms with Gasteiger partial charge in [0.05, 0.1) is 42.7 Å². The summed E-state index contributed by atoms with van der Waals surface area (Å²) in [5.41, 5.74) is -1.69. The van der Waals surface area contributed by atoms with Gasteiger partial charge in [0.1, 0.15) is 45.6 Å². The fourth-order valence-corrected chi connectivity index (χ4v) is 11.0. The van der Waals surface area contributed by atoms with Crippen LogP contribution in [0.3, 0.4) is 0 Å². The SMILES string of the molecule is COc1cccc(OC)c1C(=O)P(=O)(CC(C)CC(C)(C)C)C(=O)c1c(OC)cccc1OC.COc1cccc(OC)c1C(=O)[P+](=O)CC(C)CC(C)(C)C. The number of carbonyl (C=O) groups excluding carboxylic acids is 3. The summed E-state index contributed by atoms with van der Waals surface area (Å²) in [6, 6.07) is 14.7. The van der Waals surface area contributed by atoms with Gasteiger partial charge < -0.3 is 33.0 Å². The fraction of sp³-hybridized carbons (Fsp3) is 0.512. The summed E-state index contributed by atoms with van der Waals surface area (Å²) in [6.45, 7) is 16.5. The molecule has 11 nitrogen and oxygen atoms in total. The van der Waals surface area contributed by atoms with E-state index in [1.807, 2.05) is 13.8 Å². The van der Waals surface area contributed by atoms with Crippen LogP contribution in [0.4, 0.5) is 0 Å². The van der Waals surface area contributed by atoms with Gasteiger partial charge >= 0.3 is 13.3 Å². The van der Waals surface area contributed by atoms with Crippen LogP contribution < -0.4 is 28.4 Å². The minimum Gasteiger partial charge on any atom is -0.496 e. The number of hydrogen-bond donors (Lipinski definition) is 0. The second-order valence-electron chi connectivity index (χ2n) is 16.3. The monoisotopic (exact) mass is 815 g/mol. The van der Waals surface area contributed by atoms with E-state index < -0.39 is 31.5 Å². The van der Waals surface area contributed by atoms with Gasteiger partial charge in [-0.05, 0) is 66.0 Å².